The fourth-order valence-corrected chi connectivity index (χ4v) is 2.71. The van der Waals surface area contributed by atoms with Crippen molar-refractivity contribution in [3.8, 4) is 0 Å². The van der Waals surface area contributed by atoms with Gasteiger partial charge in [-0.1, -0.05) is 29.4 Å². The molecule has 0 amide bonds. The van der Waals surface area contributed by atoms with Crippen molar-refractivity contribution in [2.24, 2.45) is 0 Å². The zero-order chi connectivity index (χ0) is 13.1. The minimum atomic E-state index is -1.08. The SMILES string of the molecule is O=C(O)c1c(Cl)cccc1Sc1ccc(F)cc1. The van der Waals surface area contributed by atoms with E-state index in [1.807, 2.05) is 0 Å². The van der Waals surface area contributed by atoms with Gasteiger partial charge in [-0.15, -0.1) is 0 Å². The lowest BCUT2D eigenvalue weighted by Crippen LogP contribution is -1.99. The van der Waals surface area contributed by atoms with Crippen LogP contribution in [0.1, 0.15) is 10.4 Å². The molecule has 0 aliphatic rings. The van der Waals surface area contributed by atoms with Crippen LogP contribution in [0.15, 0.2) is 52.3 Å². The number of aromatic carboxylic acids is 1. The summed E-state index contributed by atoms with van der Waals surface area (Å²) in [5.41, 5.74) is 0.0634. The molecule has 2 nitrogen and oxygen atoms in total. The number of carboxylic acid groups (broad SMARTS) is 1. The molecule has 2 aromatic carbocycles. The van der Waals surface area contributed by atoms with Crippen molar-refractivity contribution in [1.82, 2.24) is 0 Å². The lowest BCUT2D eigenvalue weighted by Gasteiger charge is -2.07. The molecule has 0 fully saturated rings. The maximum absolute atomic E-state index is 12.8. The van der Waals surface area contributed by atoms with Gasteiger partial charge in [-0.3, -0.25) is 0 Å². The van der Waals surface area contributed by atoms with Crippen LogP contribution in [0, 0.1) is 5.82 Å². The van der Waals surface area contributed by atoms with Gasteiger partial charge >= 0.3 is 5.97 Å². The minimum Gasteiger partial charge on any atom is -0.478 e. The molecule has 0 aliphatic carbocycles. The van der Waals surface area contributed by atoms with Gasteiger partial charge in [0.1, 0.15) is 5.82 Å². The maximum Gasteiger partial charge on any atom is 0.338 e. The second-order valence-electron chi connectivity index (χ2n) is 3.47. The number of halogens is 2. The monoisotopic (exact) mass is 282 g/mol. The van der Waals surface area contributed by atoms with Crippen molar-refractivity contribution < 1.29 is 14.3 Å². The standard InChI is InChI=1S/C13H8ClFO2S/c14-10-2-1-3-11(12(10)13(16)17)18-9-6-4-8(15)5-7-9/h1-7H,(H,16,17). The predicted octanol–water partition coefficient (Wildman–Crippen LogP) is 4.33. The molecule has 0 heterocycles. The topological polar surface area (TPSA) is 37.3 Å². The summed E-state index contributed by atoms with van der Waals surface area (Å²) in [7, 11) is 0. The lowest BCUT2D eigenvalue weighted by molar-refractivity contribution is 0.0693. The molecule has 0 aliphatic heterocycles. The molecule has 1 N–H and O–H groups in total. The van der Waals surface area contributed by atoms with Crippen molar-refractivity contribution in [3.05, 3.63) is 58.9 Å². The van der Waals surface area contributed by atoms with E-state index in [0.29, 0.717) is 4.90 Å². The van der Waals surface area contributed by atoms with E-state index < -0.39 is 5.97 Å². The van der Waals surface area contributed by atoms with E-state index in [4.69, 9.17) is 16.7 Å². The molecule has 0 aromatic heterocycles. The molecule has 18 heavy (non-hydrogen) atoms. The van der Waals surface area contributed by atoms with E-state index in [-0.39, 0.29) is 16.4 Å². The quantitative estimate of drug-likeness (QED) is 0.910. The van der Waals surface area contributed by atoms with Crippen molar-refractivity contribution >= 4 is 29.3 Å². The molecule has 0 radical (unpaired) electrons. The summed E-state index contributed by atoms with van der Waals surface area (Å²) < 4.78 is 12.8. The second kappa shape index (κ2) is 5.42. The number of benzene rings is 2. The average Bonchev–Trinajstić information content (AvgIpc) is 2.32. The first-order valence-electron chi connectivity index (χ1n) is 5.03. The van der Waals surface area contributed by atoms with Crippen molar-refractivity contribution in [1.29, 1.82) is 0 Å². The Morgan fingerprint density at radius 3 is 2.44 bits per heavy atom. The van der Waals surface area contributed by atoms with E-state index in [1.165, 1.54) is 30.0 Å². The van der Waals surface area contributed by atoms with Crippen molar-refractivity contribution in [2.75, 3.05) is 0 Å². The molecular formula is C13H8ClFO2S. The molecule has 5 heteroatoms. The smallest absolute Gasteiger partial charge is 0.338 e. The Kier molecular flexibility index (Phi) is 3.89. The summed E-state index contributed by atoms with van der Waals surface area (Å²) in [6.45, 7) is 0. The van der Waals surface area contributed by atoms with Gasteiger partial charge in [0.2, 0.25) is 0 Å². The van der Waals surface area contributed by atoms with Crippen LogP contribution in [0.4, 0.5) is 4.39 Å². The average molecular weight is 283 g/mol. The van der Waals surface area contributed by atoms with Crippen LogP contribution in [0.5, 0.6) is 0 Å². The number of carboxylic acids is 1. The molecule has 0 unspecified atom stereocenters. The van der Waals surface area contributed by atoms with Gasteiger partial charge in [-0.2, -0.15) is 0 Å². The Balaban J connectivity index is 2.37. The molecule has 2 rings (SSSR count). The van der Waals surface area contributed by atoms with Gasteiger partial charge < -0.3 is 5.11 Å². The van der Waals surface area contributed by atoms with Gasteiger partial charge in [-0.25, -0.2) is 9.18 Å². The first-order chi connectivity index (χ1) is 8.58. The molecule has 92 valence electrons. The molecular weight excluding hydrogens is 275 g/mol. The van der Waals surface area contributed by atoms with Crippen LogP contribution < -0.4 is 0 Å². The van der Waals surface area contributed by atoms with Crippen LogP contribution in [-0.2, 0) is 0 Å². The second-order valence-corrected chi connectivity index (χ2v) is 5.00. The predicted molar refractivity (Wildman–Crippen MR) is 68.9 cm³/mol. The summed E-state index contributed by atoms with van der Waals surface area (Å²) in [6.07, 6.45) is 0. The highest BCUT2D eigenvalue weighted by Gasteiger charge is 2.15. The highest BCUT2D eigenvalue weighted by molar-refractivity contribution is 7.99. The molecule has 0 atom stereocenters. The van der Waals surface area contributed by atoms with Crippen LogP contribution >= 0.6 is 23.4 Å². The van der Waals surface area contributed by atoms with Gasteiger partial charge in [0, 0.05) is 9.79 Å². The summed E-state index contributed by atoms with van der Waals surface area (Å²) in [5, 5.41) is 9.30. The first kappa shape index (κ1) is 12.9. The van der Waals surface area contributed by atoms with Crippen LogP contribution in [0.2, 0.25) is 5.02 Å². The van der Waals surface area contributed by atoms with E-state index in [1.54, 1.807) is 24.3 Å². The van der Waals surface area contributed by atoms with Gasteiger partial charge in [0.05, 0.1) is 10.6 Å². The normalized spacial score (nSPS) is 10.3. The lowest BCUT2D eigenvalue weighted by atomic mass is 10.2. The van der Waals surface area contributed by atoms with Gasteiger partial charge in [-0.05, 0) is 36.4 Å². The van der Waals surface area contributed by atoms with Crippen LogP contribution in [0.3, 0.4) is 0 Å². The minimum absolute atomic E-state index is 0.0634. The molecule has 0 bridgehead atoms. The summed E-state index contributed by atoms with van der Waals surface area (Å²) in [4.78, 5) is 12.4. The largest absolute Gasteiger partial charge is 0.478 e. The van der Waals surface area contributed by atoms with Crippen LogP contribution in [-0.4, -0.2) is 11.1 Å². The van der Waals surface area contributed by atoms with Gasteiger partial charge in [0.25, 0.3) is 0 Å². The third-order valence-corrected chi connectivity index (χ3v) is 3.61. The summed E-state index contributed by atoms with van der Waals surface area (Å²) in [5.74, 6) is -1.41. The van der Waals surface area contributed by atoms with E-state index in [2.05, 4.69) is 0 Å². The summed E-state index contributed by atoms with van der Waals surface area (Å²) >= 11 is 7.10. The zero-order valence-corrected chi connectivity index (χ0v) is 10.6. The van der Waals surface area contributed by atoms with Gasteiger partial charge in [0.15, 0.2) is 0 Å². The molecule has 0 saturated carbocycles. The fourth-order valence-electron chi connectivity index (χ4n) is 1.43. The maximum atomic E-state index is 12.8. The molecule has 0 spiro atoms. The van der Waals surface area contributed by atoms with Crippen molar-refractivity contribution in [3.63, 3.8) is 0 Å². The van der Waals surface area contributed by atoms with E-state index in [0.717, 1.165) is 4.90 Å². The molecule has 2 aromatic rings. The Bertz CT molecular complexity index is 584. The third-order valence-electron chi connectivity index (χ3n) is 2.23. The third kappa shape index (κ3) is 2.83. The van der Waals surface area contributed by atoms with E-state index in [9.17, 15) is 9.18 Å². The Hall–Kier alpha value is -1.52. The van der Waals surface area contributed by atoms with Crippen molar-refractivity contribution in [2.45, 2.75) is 9.79 Å². The Morgan fingerprint density at radius 1 is 1.17 bits per heavy atom. The first-order valence-corrected chi connectivity index (χ1v) is 6.22. The van der Waals surface area contributed by atoms with Crippen LogP contribution in [0.25, 0.3) is 0 Å². The zero-order valence-electron chi connectivity index (χ0n) is 9.06. The Labute approximate surface area is 112 Å². The number of hydrogen-bond donors (Lipinski definition) is 1. The highest BCUT2D eigenvalue weighted by atomic mass is 35.5. The highest BCUT2D eigenvalue weighted by Crippen LogP contribution is 2.33. The van der Waals surface area contributed by atoms with E-state index >= 15 is 0 Å². The number of hydrogen-bond acceptors (Lipinski definition) is 2. The number of rotatable bonds is 3. The Morgan fingerprint density at radius 2 is 1.83 bits per heavy atom. The number of carbonyl (C=O) groups is 1. The molecule has 0 saturated heterocycles. The fraction of sp³-hybridized carbons (Fsp3) is 0. The summed E-state index contributed by atoms with van der Waals surface area (Å²) in [6, 6.07) is 10.7.